The SMILES string of the molecule is COc1cc(OC)c(NC(=O)CNC(C)c2ccccc2Cl)cc1Cl. The monoisotopic (exact) mass is 382 g/mol. The lowest BCUT2D eigenvalue weighted by Crippen LogP contribution is -2.30. The molecule has 2 rings (SSSR count). The Morgan fingerprint density at radius 3 is 2.40 bits per heavy atom. The van der Waals surface area contributed by atoms with Crippen LogP contribution in [-0.2, 0) is 4.79 Å². The van der Waals surface area contributed by atoms with Gasteiger partial charge in [-0.1, -0.05) is 41.4 Å². The van der Waals surface area contributed by atoms with Crippen molar-refractivity contribution < 1.29 is 14.3 Å². The van der Waals surface area contributed by atoms with E-state index >= 15 is 0 Å². The van der Waals surface area contributed by atoms with Crippen molar-refractivity contribution >= 4 is 34.8 Å². The minimum Gasteiger partial charge on any atom is -0.495 e. The fourth-order valence-electron chi connectivity index (χ4n) is 2.33. The molecule has 25 heavy (non-hydrogen) atoms. The van der Waals surface area contributed by atoms with Gasteiger partial charge in [0.2, 0.25) is 5.91 Å². The van der Waals surface area contributed by atoms with Crippen molar-refractivity contribution in [1.29, 1.82) is 0 Å². The Hall–Kier alpha value is -1.95. The van der Waals surface area contributed by atoms with Crippen LogP contribution in [0.1, 0.15) is 18.5 Å². The summed E-state index contributed by atoms with van der Waals surface area (Å²) in [5, 5.41) is 6.96. The molecule has 134 valence electrons. The number of halogens is 2. The van der Waals surface area contributed by atoms with E-state index in [1.807, 2.05) is 31.2 Å². The van der Waals surface area contributed by atoms with Crippen molar-refractivity contribution in [3.63, 3.8) is 0 Å². The Morgan fingerprint density at radius 1 is 1.08 bits per heavy atom. The molecule has 1 unspecified atom stereocenters. The normalized spacial score (nSPS) is 11.7. The second-order valence-corrected chi connectivity index (χ2v) is 6.17. The van der Waals surface area contributed by atoms with Crippen molar-refractivity contribution in [3.05, 3.63) is 52.0 Å². The largest absolute Gasteiger partial charge is 0.495 e. The summed E-state index contributed by atoms with van der Waals surface area (Å²) in [6.07, 6.45) is 0. The summed E-state index contributed by atoms with van der Waals surface area (Å²) in [6.45, 7) is 2.05. The highest BCUT2D eigenvalue weighted by molar-refractivity contribution is 6.32. The Bertz CT molecular complexity index is 753. The van der Waals surface area contributed by atoms with Gasteiger partial charge in [0, 0.05) is 17.1 Å². The molecule has 0 radical (unpaired) electrons. The number of hydrogen-bond acceptors (Lipinski definition) is 4. The fourth-order valence-corrected chi connectivity index (χ4v) is 2.87. The van der Waals surface area contributed by atoms with E-state index in [4.69, 9.17) is 32.7 Å². The number of methoxy groups -OCH3 is 2. The first-order chi connectivity index (χ1) is 12.0. The zero-order valence-corrected chi connectivity index (χ0v) is 15.7. The van der Waals surface area contributed by atoms with Crippen LogP contribution in [0.5, 0.6) is 11.5 Å². The van der Waals surface area contributed by atoms with Crippen LogP contribution < -0.4 is 20.1 Å². The van der Waals surface area contributed by atoms with E-state index < -0.39 is 0 Å². The summed E-state index contributed by atoms with van der Waals surface area (Å²) in [4.78, 5) is 12.2. The third-order valence-electron chi connectivity index (χ3n) is 3.69. The molecule has 2 aromatic rings. The lowest BCUT2D eigenvalue weighted by atomic mass is 10.1. The molecular formula is C18H20Cl2N2O3. The molecule has 0 aliphatic carbocycles. The van der Waals surface area contributed by atoms with Crippen LogP contribution in [0.25, 0.3) is 0 Å². The predicted octanol–water partition coefficient (Wildman–Crippen LogP) is 4.30. The van der Waals surface area contributed by atoms with E-state index in [0.29, 0.717) is 27.2 Å². The number of nitrogens with one attached hydrogen (secondary N) is 2. The molecule has 2 aromatic carbocycles. The van der Waals surface area contributed by atoms with Crippen LogP contribution in [0, 0.1) is 0 Å². The molecule has 0 heterocycles. The van der Waals surface area contributed by atoms with Gasteiger partial charge in [-0.2, -0.15) is 0 Å². The van der Waals surface area contributed by atoms with E-state index in [9.17, 15) is 4.79 Å². The minimum atomic E-state index is -0.224. The maximum absolute atomic E-state index is 12.2. The lowest BCUT2D eigenvalue weighted by molar-refractivity contribution is -0.115. The third-order valence-corrected chi connectivity index (χ3v) is 4.33. The van der Waals surface area contributed by atoms with Gasteiger partial charge in [-0.05, 0) is 24.6 Å². The van der Waals surface area contributed by atoms with Gasteiger partial charge >= 0.3 is 0 Å². The molecule has 0 saturated carbocycles. The van der Waals surface area contributed by atoms with Crippen LogP contribution in [0.4, 0.5) is 5.69 Å². The topological polar surface area (TPSA) is 59.6 Å². The van der Waals surface area contributed by atoms with Crippen molar-refractivity contribution in [2.75, 3.05) is 26.1 Å². The quantitative estimate of drug-likeness (QED) is 0.749. The Kier molecular flexibility index (Phi) is 6.93. The van der Waals surface area contributed by atoms with Crippen molar-refractivity contribution in [1.82, 2.24) is 5.32 Å². The molecule has 7 heteroatoms. The molecule has 5 nitrogen and oxygen atoms in total. The van der Waals surface area contributed by atoms with Crippen LogP contribution in [-0.4, -0.2) is 26.7 Å². The molecule has 0 saturated heterocycles. The Labute approximate surface area is 157 Å². The number of rotatable bonds is 7. The average Bonchev–Trinajstić information content (AvgIpc) is 2.60. The molecule has 0 spiro atoms. The van der Waals surface area contributed by atoms with Crippen molar-refractivity contribution in [2.45, 2.75) is 13.0 Å². The molecule has 0 bridgehead atoms. The molecule has 0 aromatic heterocycles. The maximum Gasteiger partial charge on any atom is 0.238 e. The predicted molar refractivity (Wildman–Crippen MR) is 101 cm³/mol. The van der Waals surface area contributed by atoms with Gasteiger partial charge in [-0.25, -0.2) is 0 Å². The van der Waals surface area contributed by atoms with E-state index in [-0.39, 0.29) is 18.5 Å². The van der Waals surface area contributed by atoms with Gasteiger partial charge in [0.1, 0.15) is 11.5 Å². The minimum absolute atomic E-state index is 0.0687. The van der Waals surface area contributed by atoms with Crippen LogP contribution in [0.3, 0.4) is 0 Å². The number of carbonyl (C=O) groups is 1. The third kappa shape index (κ3) is 5.01. The van der Waals surface area contributed by atoms with E-state index in [0.717, 1.165) is 5.56 Å². The second kappa shape index (κ2) is 8.94. The lowest BCUT2D eigenvalue weighted by Gasteiger charge is -2.16. The van der Waals surface area contributed by atoms with E-state index in [1.165, 1.54) is 14.2 Å². The number of anilines is 1. The number of amides is 1. The molecule has 0 aliphatic heterocycles. The smallest absolute Gasteiger partial charge is 0.238 e. The molecule has 0 aliphatic rings. The fraction of sp³-hybridized carbons (Fsp3) is 0.278. The second-order valence-electron chi connectivity index (χ2n) is 5.36. The first-order valence-corrected chi connectivity index (χ1v) is 8.41. The molecule has 2 N–H and O–H groups in total. The molecule has 0 fully saturated rings. The van der Waals surface area contributed by atoms with Gasteiger partial charge in [-0.15, -0.1) is 0 Å². The standard InChI is InChI=1S/C18H20Cl2N2O3/c1-11(12-6-4-5-7-13(12)19)21-10-18(23)22-15-8-14(20)16(24-2)9-17(15)25-3/h4-9,11,21H,10H2,1-3H3,(H,22,23). The zero-order valence-electron chi connectivity index (χ0n) is 14.2. The number of carbonyl (C=O) groups excluding carboxylic acids is 1. The molecule has 1 amide bonds. The zero-order chi connectivity index (χ0) is 18.4. The average molecular weight is 383 g/mol. The summed E-state index contributed by atoms with van der Waals surface area (Å²) < 4.78 is 10.4. The van der Waals surface area contributed by atoms with Crippen LogP contribution in [0.15, 0.2) is 36.4 Å². The number of benzene rings is 2. The van der Waals surface area contributed by atoms with Crippen LogP contribution >= 0.6 is 23.2 Å². The van der Waals surface area contributed by atoms with Crippen molar-refractivity contribution in [2.24, 2.45) is 0 Å². The summed E-state index contributed by atoms with van der Waals surface area (Å²) in [7, 11) is 3.02. The highest BCUT2D eigenvalue weighted by Crippen LogP contribution is 2.35. The van der Waals surface area contributed by atoms with Crippen molar-refractivity contribution in [3.8, 4) is 11.5 Å². The first-order valence-electron chi connectivity index (χ1n) is 7.65. The highest BCUT2D eigenvalue weighted by Gasteiger charge is 2.14. The van der Waals surface area contributed by atoms with Crippen LogP contribution in [0.2, 0.25) is 10.0 Å². The first kappa shape index (κ1) is 19.4. The van der Waals surface area contributed by atoms with E-state index in [2.05, 4.69) is 10.6 Å². The Balaban J connectivity index is 2.01. The highest BCUT2D eigenvalue weighted by atomic mass is 35.5. The van der Waals surface area contributed by atoms with Gasteiger partial charge < -0.3 is 20.1 Å². The summed E-state index contributed by atoms with van der Waals surface area (Å²) in [5.41, 5.74) is 1.41. The van der Waals surface area contributed by atoms with Gasteiger partial charge in [-0.3, -0.25) is 4.79 Å². The van der Waals surface area contributed by atoms with Gasteiger partial charge in [0.25, 0.3) is 0 Å². The van der Waals surface area contributed by atoms with Gasteiger partial charge in [0.05, 0.1) is 31.5 Å². The molecular weight excluding hydrogens is 363 g/mol. The van der Waals surface area contributed by atoms with Gasteiger partial charge in [0.15, 0.2) is 0 Å². The summed E-state index contributed by atoms with van der Waals surface area (Å²) in [5.74, 6) is 0.717. The number of hydrogen-bond donors (Lipinski definition) is 2. The number of ether oxygens (including phenoxy) is 2. The Morgan fingerprint density at radius 2 is 1.76 bits per heavy atom. The maximum atomic E-state index is 12.2. The summed E-state index contributed by atoms with van der Waals surface area (Å²) >= 11 is 12.3. The molecule has 1 atom stereocenters. The van der Waals surface area contributed by atoms with E-state index in [1.54, 1.807) is 12.1 Å². The summed E-state index contributed by atoms with van der Waals surface area (Å²) in [6, 6.07) is 10.7.